The second-order valence-corrected chi connectivity index (χ2v) is 8.96. The summed E-state index contributed by atoms with van der Waals surface area (Å²) in [5.41, 5.74) is 1.04. The first-order valence-electron chi connectivity index (χ1n) is 10.3. The molecular formula is C21H27N5O2. The molecule has 148 valence electrons. The topological polar surface area (TPSA) is 77.0 Å². The number of para-hydroxylation sites is 2. The first-order valence-corrected chi connectivity index (χ1v) is 10.3. The number of fused-ring (bicyclic) bond motifs is 3. The zero-order chi connectivity index (χ0) is 19.5. The van der Waals surface area contributed by atoms with Gasteiger partial charge in [0.1, 0.15) is 11.4 Å². The quantitative estimate of drug-likeness (QED) is 0.733. The van der Waals surface area contributed by atoms with Gasteiger partial charge < -0.3 is 15.5 Å². The van der Waals surface area contributed by atoms with Crippen LogP contribution in [0.2, 0.25) is 0 Å². The lowest BCUT2D eigenvalue weighted by Gasteiger charge is -2.46. The van der Waals surface area contributed by atoms with Gasteiger partial charge in [0.05, 0.1) is 17.9 Å². The van der Waals surface area contributed by atoms with Crippen LogP contribution in [-0.4, -0.2) is 52.9 Å². The van der Waals surface area contributed by atoms with Gasteiger partial charge in [0.15, 0.2) is 0 Å². The van der Waals surface area contributed by atoms with Gasteiger partial charge in [0.2, 0.25) is 0 Å². The predicted molar refractivity (Wildman–Crippen MR) is 108 cm³/mol. The molecule has 2 N–H and O–H groups in total. The van der Waals surface area contributed by atoms with E-state index in [4.69, 9.17) is 4.99 Å². The molecule has 4 aliphatic rings. The number of amides is 3. The SMILES string of the molecule is CC1(C)NC(=O)N(C2=Nc3ccccc3N(C3CC4CCCC(C3)N4)C2)C1=O. The van der Waals surface area contributed by atoms with Crippen LogP contribution < -0.4 is 15.5 Å². The number of rotatable bonds is 1. The number of benzene rings is 1. The Kier molecular flexibility index (Phi) is 3.98. The molecule has 7 nitrogen and oxygen atoms in total. The highest BCUT2D eigenvalue weighted by atomic mass is 16.2. The van der Waals surface area contributed by atoms with Gasteiger partial charge in [-0.25, -0.2) is 14.7 Å². The summed E-state index contributed by atoms with van der Waals surface area (Å²) >= 11 is 0. The lowest BCUT2D eigenvalue weighted by molar-refractivity contribution is -0.127. The number of aliphatic imine (C=N–C) groups is 1. The Balaban J connectivity index is 1.49. The fourth-order valence-electron chi connectivity index (χ4n) is 5.13. The average Bonchev–Trinajstić information content (AvgIpc) is 2.87. The Labute approximate surface area is 165 Å². The molecule has 3 amide bonds. The summed E-state index contributed by atoms with van der Waals surface area (Å²) in [5, 5.41) is 6.52. The van der Waals surface area contributed by atoms with Crippen molar-refractivity contribution in [1.82, 2.24) is 15.5 Å². The van der Waals surface area contributed by atoms with Crippen molar-refractivity contribution in [2.24, 2.45) is 4.99 Å². The van der Waals surface area contributed by atoms with E-state index in [1.54, 1.807) is 13.8 Å². The first-order chi connectivity index (χ1) is 13.4. The molecule has 2 unspecified atom stereocenters. The van der Waals surface area contributed by atoms with Crippen LogP contribution in [0.5, 0.6) is 0 Å². The number of carbonyl (C=O) groups is 2. The number of nitrogens with zero attached hydrogens (tertiary/aromatic N) is 3. The first kappa shape index (κ1) is 17.7. The van der Waals surface area contributed by atoms with Crippen LogP contribution in [-0.2, 0) is 4.79 Å². The number of imide groups is 1. The van der Waals surface area contributed by atoms with Crippen molar-refractivity contribution in [3.05, 3.63) is 24.3 Å². The van der Waals surface area contributed by atoms with Crippen molar-refractivity contribution in [2.45, 2.75) is 69.6 Å². The van der Waals surface area contributed by atoms with E-state index in [0.29, 0.717) is 30.5 Å². The number of piperidine rings is 2. The number of nitrogens with one attached hydrogen (secondary N) is 2. The summed E-state index contributed by atoms with van der Waals surface area (Å²) in [4.78, 5) is 33.7. The van der Waals surface area contributed by atoms with Crippen molar-refractivity contribution in [2.75, 3.05) is 11.4 Å². The van der Waals surface area contributed by atoms with E-state index >= 15 is 0 Å². The fourth-order valence-corrected chi connectivity index (χ4v) is 5.13. The van der Waals surface area contributed by atoms with Crippen LogP contribution in [0.3, 0.4) is 0 Å². The highest BCUT2D eigenvalue weighted by molar-refractivity contribution is 6.21. The van der Waals surface area contributed by atoms with E-state index in [2.05, 4.69) is 21.6 Å². The van der Waals surface area contributed by atoms with Crippen LogP contribution in [0.25, 0.3) is 0 Å². The number of amidine groups is 1. The molecule has 0 spiro atoms. The van der Waals surface area contributed by atoms with Gasteiger partial charge in [-0.3, -0.25) is 4.79 Å². The van der Waals surface area contributed by atoms with Gasteiger partial charge >= 0.3 is 6.03 Å². The highest BCUT2D eigenvalue weighted by Crippen LogP contribution is 2.38. The van der Waals surface area contributed by atoms with E-state index in [-0.39, 0.29) is 11.9 Å². The Morgan fingerprint density at radius 3 is 2.50 bits per heavy atom. The van der Waals surface area contributed by atoms with Crippen molar-refractivity contribution in [3.8, 4) is 0 Å². The van der Waals surface area contributed by atoms with Gasteiger partial charge in [0.25, 0.3) is 5.91 Å². The summed E-state index contributed by atoms with van der Waals surface area (Å²) in [6.07, 6.45) is 5.93. The third-order valence-electron chi connectivity index (χ3n) is 6.50. The summed E-state index contributed by atoms with van der Waals surface area (Å²) in [6, 6.07) is 9.18. The molecule has 0 radical (unpaired) electrons. The van der Waals surface area contributed by atoms with E-state index in [1.807, 2.05) is 18.2 Å². The van der Waals surface area contributed by atoms with Crippen LogP contribution >= 0.6 is 0 Å². The van der Waals surface area contributed by atoms with Crippen LogP contribution in [0.4, 0.5) is 16.2 Å². The summed E-state index contributed by atoms with van der Waals surface area (Å²) < 4.78 is 0. The molecule has 4 heterocycles. The average molecular weight is 381 g/mol. The lowest BCUT2D eigenvalue weighted by Crippen LogP contribution is -2.57. The Morgan fingerprint density at radius 1 is 1.11 bits per heavy atom. The highest BCUT2D eigenvalue weighted by Gasteiger charge is 2.48. The van der Waals surface area contributed by atoms with Gasteiger partial charge in [-0.15, -0.1) is 0 Å². The van der Waals surface area contributed by atoms with Gasteiger partial charge in [-0.1, -0.05) is 18.6 Å². The Bertz CT molecular complexity index is 852. The minimum absolute atomic E-state index is 0.238. The van der Waals surface area contributed by atoms with Gasteiger partial charge in [-0.2, -0.15) is 0 Å². The molecule has 4 aliphatic heterocycles. The molecule has 3 fully saturated rings. The second-order valence-electron chi connectivity index (χ2n) is 8.96. The maximum absolute atomic E-state index is 12.8. The molecule has 2 atom stereocenters. The number of hydrogen-bond donors (Lipinski definition) is 2. The normalized spacial score (nSPS) is 31.4. The maximum atomic E-state index is 12.8. The smallest absolute Gasteiger partial charge is 0.330 e. The summed E-state index contributed by atoms with van der Waals surface area (Å²) in [7, 11) is 0. The number of carbonyl (C=O) groups excluding carboxylic acids is 2. The van der Waals surface area contributed by atoms with Crippen LogP contribution in [0, 0.1) is 0 Å². The predicted octanol–water partition coefficient (Wildman–Crippen LogP) is 2.54. The van der Waals surface area contributed by atoms with E-state index in [0.717, 1.165) is 24.2 Å². The zero-order valence-corrected chi connectivity index (χ0v) is 16.4. The molecule has 7 heteroatoms. The minimum Gasteiger partial charge on any atom is -0.359 e. The van der Waals surface area contributed by atoms with Crippen molar-refractivity contribution in [1.29, 1.82) is 0 Å². The largest absolute Gasteiger partial charge is 0.359 e. The molecule has 1 aromatic rings. The summed E-state index contributed by atoms with van der Waals surface area (Å²) in [5.74, 6) is 0.285. The zero-order valence-electron chi connectivity index (χ0n) is 16.4. The Hall–Kier alpha value is -2.41. The van der Waals surface area contributed by atoms with Crippen molar-refractivity contribution >= 4 is 29.1 Å². The van der Waals surface area contributed by atoms with Crippen LogP contribution in [0.15, 0.2) is 29.3 Å². The third-order valence-corrected chi connectivity index (χ3v) is 6.50. The molecule has 0 saturated carbocycles. The molecule has 3 saturated heterocycles. The van der Waals surface area contributed by atoms with Crippen molar-refractivity contribution in [3.63, 3.8) is 0 Å². The van der Waals surface area contributed by atoms with Gasteiger partial charge in [-0.05, 0) is 51.7 Å². The van der Waals surface area contributed by atoms with E-state index < -0.39 is 5.54 Å². The molecule has 28 heavy (non-hydrogen) atoms. The fraction of sp³-hybridized carbons (Fsp3) is 0.571. The summed E-state index contributed by atoms with van der Waals surface area (Å²) in [6.45, 7) is 3.95. The molecule has 0 aliphatic carbocycles. The second kappa shape index (κ2) is 6.30. The molecule has 0 aromatic heterocycles. The third kappa shape index (κ3) is 2.80. The molecule has 5 rings (SSSR count). The Morgan fingerprint density at radius 2 is 1.82 bits per heavy atom. The standard InChI is InChI=1S/C21H27N5O2/c1-21(2)19(27)26(20(28)24-21)18-12-25(17-9-4-3-8-16(17)23-18)15-10-13-6-5-7-14(11-15)22-13/h3-4,8-9,13-15,22H,5-7,10-12H2,1-2H3,(H,24,28). The van der Waals surface area contributed by atoms with E-state index in [1.165, 1.54) is 24.2 Å². The maximum Gasteiger partial charge on any atom is 0.330 e. The number of anilines is 1. The van der Waals surface area contributed by atoms with Crippen LogP contribution in [0.1, 0.15) is 46.0 Å². The number of urea groups is 1. The molecule has 1 aromatic carbocycles. The monoisotopic (exact) mass is 381 g/mol. The minimum atomic E-state index is -0.896. The molecule has 2 bridgehead atoms. The molecular weight excluding hydrogens is 354 g/mol. The van der Waals surface area contributed by atoms with Gasteiger partial charge in [0, 0.05) is 18.1 Å². The lowest BCUT2D eigenvalue weighted by atomic mass is 9.83. The van der Waals surface area contributed by atoms with E-state index in [9.17, 15) is 9.59 Å². The van der Waals surface area contributed by atoms with Crippen molar-refractivity contribution < 1.29 is 9.59 Å². The number of hydrogen-bond acceptors (Lipinski definition) is 5.